The molecule has 1 N–H and O–H groups in total. The summed E-state index contributed by atoms with van der Waals surface area (Å²) in [5, 5.41) is 19.5. The summed E-state index contributed by atoms with van der Waals surface area (Å²) < 4.78 is 5.37. The molecule has 1 aliphatic rings. The first-order valence-corrected chi connectivity index (χ1v) is 7.13. The van der Waals surface area contributed by atoms with E-state index in [1.165, 1.54) is 0 Å². The van der Waals surface area contributed by atoms with Crippen molar-refractivity contribution >= 4 is 0 Å². The minimum atomic E-state index is -0.435. The van der Waals surface area contributed by atoms with Crippen LogP contribution in [0.4, 0.5) is 0 Å². The average Bonchev–Trinajstić information content (AvgIpc) is 2.56. The number of ether oxygens (including phenoxy) is 1. The van der Waals surface area contributed by atoms with Gasteiger partial charge in [-0.25, -0.2) is 0 Å². The minimum Gasteiger partial charge on any atom is -0.507 e. The molecule has 0 unspecified atom stereocenters. The first-order valence-electron chi connectivity index (χ1n) is 7.13. The Morgan fingerprint density at radius 2 is 1.67 bits per heavy atom. The van der Waals surface area contributed by atoms with Crippen LogP contribution in [0.1, 0.15) is 18.4 Å². The number of nitrogens with zero attached hydrogens (tertiary/aromatic N) is 1. The van der Waals surface area contributed by atoms with Crippen molar-refractivity contribution in [3.05, 3.63) is 54.1 Å². The third kappa shape index (κ3) is 2.51. The topological polar surface area (TPSA) is 53.2 Å². The van der Waals surface area contributed by atoms with Crippen LogP contribution in [-0.4, -0.2) is 18.3 Å². The number of benzene rings is 2. The van der Waals surface area contributed by atoms with Gasteiger partial charge in [0.1, 0.15) is 5.75 Å². The van der Waals surface area contributed by atoms with Crippen LogP contribution in [-0.2, 0) is 10.2 Å². The van der Waals surface area contributed by atoms with Gasteiger partial charge in [-0.3, -0.25) is 0 Å². The van der Waals surface area contributed by atoms with E-state index < -0.39 is 5.41 Å². The van der Waals surface area contributed by atoms with Crippen LogP contribution in [0.15, 0.2) is 48.5 Å². The zero-order valence-electron chi connectivity index (χ0n) is 11.7. The molecule has 1 aliphatic heterocycles. The van der Waals surface area contributed by atoms with Gasteiger partial charge in [-0.2, -0.15) is 5.26 Å². The first kappa shape index (κ1) is 13.7. The van der Waals surface area contributed by atoms with Gasteiger partial charge >= 0.3 is 0 Å². The fraction of sp³-hybridized carbons (Fsp3) is 0.278. The van der Waals surface area contributed by atoms with Crippen molar-refractivity contribution in [2.24, 2.45) is 0 Å². The van der Waals surface area contributed by atoms with Crippen molar-refractivity contribution < 1.29 is 9.84 Å². The average molecular weight is 279 g/mol. The van der Waals surface area contributed by atoms with Crippen molar-refractivity contribution in [2.75, 3.05) is 13.2 Å². The Morgan fingerprint density at radius 3 is 2.29 bits per heavy atom. The number of rotatable bonds is 2. The summed E-state index contributed by atoms with van der Waals surface area (Å²) in [6.07, 6.45) is 1.47. The quantitative estimate of drug-likeness (QED) is 0.913. The Hall–Kier alpha value is -2.31. The molecule has 0 aliphatic carbocycles. The smallest absolute Gasteiger partial charge is 0.123 e. The molecule has 0 saturated carbocycles. The summed E-state index contributed by atoms with van der Waals surface area (Å²) in [5.41, 5.74) is 2.36. The maximum atomic E-state index is 9.91. The van der Waals surface area contributed by atoms with Gasteiger partial charge in [-0.05, 0) is 30.0 Å². The molecule has 0 bridgehead atoms. The molecule has 3 nitrogen and oxygen atoms in total. The SMILES string of the molecule is N#CC1(c2ccc(-c3ccccc3O)cc2)CCOCC1. The normalized spacial score (nSPS) is 17.1. The highest BCUT2D eigenvalue weighted by Crippen LogP contribution is 2.36. The summed E-state index contributed by atoms with van der Waals surface area (Å²) in [7, 11) is 0. The largest absolute Gasteiger partial charge is 0.507 e. The molecule has 1 fully saturated rings. The molecule has 106 valence electrons. The van der Waals surface area contributed by atoms with E-state index >= 15 is 0 Å². The fourth-order valence-corrected chi connectivity index (χ4v) is 2.87. The molecule has 0 radical (unpaired) electrons. The Labute approximate surface area is 124 Å². The van der Waals surface area contributed by atoms with Gasteiger partial charge in [-0.15, -0.1) is 0 Å². The number of phenolic OH excluding ortho intramolecular Hbond substituents is 1. The zero-order valence-corrected chi connectivity index (χ0v) is 11.7. The second kappa shape index (κ2) is 5.59. The molecule has 21 heavy (non-hydrogen) atoms. The number of hydrogen-bond acceptors (Lipinski definition) is 3. The van der Waals surface area contributed by atoms with Crippen LogP contribution < -0.4 is 0 Å². The lowest BCUT2D eigenvalue weighted by molar-refractivity contribution is 0.0675. The van der Waals surface area contributed by atoms with E-state index in [1.54, 1.807) is 12.1 Å². The van der Waals surface area contributed by atoms with Gasteiger partial charge in [0.25, 0.3) is 0 Å². The van der Waals surface area contributed by atoms with E-state index in [9.17, 15) is 10.4 Å². The molecular formula is C18H17NO2. The fourth-order valence-electron chi connectivity index (χ4n) is 2.87. The predicted octanol–water partition coefficient (Wildman–Crippen LogP) is 3.63. The number of aromatic hydroxyl groups is 1. The van der Waals surface area contributed by atoms with Crippen molar-refractivity contribution in [3.63, 3.8) is 0 Å². The Bertz CT molecular complexity index is 664. The molecule has 0 atom stereocenters. The molecule has 0 amide bonds. The summed E-state index contributed by atoms with van der Waals surface area (Å²) in [6, 6.07) is 17.7. The molecule has 2 aromatic rings. The zero-order chi connectivity index (χ0) is 14.7. The molecule has 1 saturated heterocycles. The van der Waals surface area contributed by atoms with Crippen molar-refractivity contribution in [3.8, 4) is 22.9 Å². The maximum absolute atomic E-state index is 9.91. The summed E-state index contributed by atoms with van der Waals surface area (Å²) in [5.74, 6) is 0.270. The van der Waals surface area contributed by atoms with Crippen LogP contribution in [0.2, 0.25) is 0 Å². The Balaban J connectivity index is 1.94. The molecule has 0 spiro atoms. The van der Waals surface area contributed by atoms with Gasteiger partial charge in [-0.1, -0.05) is 42.5 Å². The molecule has 3 heteroatoms. The third-order valence-corrected chi connectivity index (χ3v) is 4.21. The number of para-hydroxylation sites is 1. The first-order chi connectivity index (χ1) is 10.2. The Morgan fingerprint density at radius 1 is 1.00 bits per heavy atom. The van der Waals surface area contributed by atoms with Crippen molar-refractivity contribution in [1.82, 2.24) is 0 Å². The minimum absolute atomic E-state index is 0.270. The van der Waals surface area contributed by atoms with Crippen molar-refractivity contribution in [2.45, 2.75) is 18.3 Å². The van der Waals surface area contributed by atoms with Crippen LogP contribution in [0.3, 0.4) is 0 Å². The van der Waals surface area contributed by atoms with Gasteiger partial charge in [0.2, 0.25) is 0 Å². The van der Waals surface area contributed by atoms with Gasteiger partial charge in [0.05, 0.1) is 11.5 Å². The number of phenols is 1. The summed E-state index contributed by atoms with van der Waals surface area (Å²) in [6.45, 7) is 1.27. The Kier molecular flexibility index (Phi) is 3.64. The summed E-state index contributed by atoms with van der Waals surface area (Å²) in [4.78, 5) is 0. The second-order valence-corrected chi connectivity index (χ2v) is 5.40. The number of hydrogen-bond donors (Lipinski definition) is 1. The van der Waals surface area contributed by atoms with Crippen LogP contribution in [0, 0.1) is 11.3 Å². The predicted molar refractivity (Wildman–Crippen MR) is 80.9 cm³/mol. The second-order valence-electron chi connectivity index (χ2n) is 5.40. The van der Waals surface area contributed by atoms with Crippen LogP contribution in [0.5, 0.6) is 5.75 Å². The van der Waals surface area contributed by atoms with Gasteiger partial charge in [0, 0.05) is 18.8 Å². The van der Waals surface area contributed by atoms with E-state index in [4.69, 9.17) is 4.74 Å². The highest BCUT2D eigenvalue weighted by molar-refractivity contribution is 5.70. The van der Waals surface area contributed by atoms with E-state index in [2.05, 4.69) is 6.07 Å². The van der Waals surface area contributed by atoms with Crippen molar-refractivity contribution in [1.29, 1.82) is 5.26 Å². The lowest BCUT2D eigenvalue weighted by atomic mass is 9.75. The number of nitriles is 1. The molecule has 0 aromatic heterocycles. The van der Waals surface area contributed by atoms with E-state index in [1.807, 2.05) is 36.4 Å². The summed E-state index contributed by atoms with van der Waals surface area (Å²) >= 11 is 0. The highest BCUT2D eigenvalue weighted by Gasteiger charge is 2.34. The van der Waals surface area contributed by atoms with Crippen LogP contribution in [0.25, 0.3) is 11.1 Å². The van der Waals surface area contributed by atoms with E-state index in [0.717, 1.165) is 29.5 Å². The standard InChI is InChI=1S/C18H17NO2/c19-13-18(9-11-21-12-10-18)15-7-5-14(6-8-15)16-3-1-2-4-17(16)20/h1-8,20H,9-12H2. The maximum Gasteiger partial charge on any atom is 0.123 e. The van der Waals surface area contributed by atoms with E-state index in [0.29, 0.717) is 13.2 Å². The molecule has 3 rings (SSSR count). The monoisotopic (exact) mass is 279 g/mol. The third-order valence-electron chi connectivity index (χ3n) is 4.21. The van der Waals surface area contributed by atoms with E-state index in [-0.39, 0.29) is 5.75 Å². The van der Waals surface area contributed by atoms with Gasteiger partial charge in [0.15, 0.2) is 0 Å². The lowest BCUT2D eigenvalue weighted by Gasteiger charge is -2.31. The molecular weight excluding hydrogens is 262 g/mol. The lowest BCUT2D eigenvalue weighted by Crippen LogP contribution is -2.32. The van der Waals surface area contributed by atoms with Gasteiger partial charge < -0.3 is 9.84 Å². The highest BCUT2D eigenvalue weighted by atomic mass is 16.5. The van der Waals surface area contributed by atoms with Crippen LogP contribution >= 0.6 is 0 Å². The molecule has 2 aromatic carbocycles. The molecule has 1 heterocycles.